The highest BCUT2D eigenvalue weighted by Crippen LogP contribution is 2.47. The summed E-state index contributed by atoms with van der Waals surface area (Å²) < 4.78 is 11.5. The van der Waals surface area contributed by atoms with Crippen LogP contribution < -0.4 is 0 Å². The molecule has 0 aliphatic heterocycles. The van der Waals surface area contributed by atoms with E-state index in [9.17, 15) is 0 Å². The zero-order valence-corrected chi connectivity index (χ0v) is 12.6. The Labute approximate surface area is 124 Å². The minimum Gasteiger partial charge on any atom is -0.464 e. The second kappa shape index (κ2) is 4.98. The average Bonchev–Trinajstić information content (AvgIpc) is 3.34. The summed E-state index contributed by atoms with van der Waals surface area (Å²) in [6, 6.07) is 4.89. The number of hydrogen-bond donors (Lipinski definition) is 0. The van der Waals surface area contributed by atoms with Crippen molar-refractivity contribution < 1.29 is 8.83 Å². The van der Waals surface area contributed by atoms with Gasteiger partial charge in [-0.1, -0.05) is 6.92 Å². The molecule has 2 aliphatic rings. The predicted octanol–water partition coefficient (Wildman–Crippen LogP) is 3.26. The van der Waals surface area contributed by atoms with Crippen molar-refractivity contribution in [1.82, 2.24) is 15.1 Å². The van der Waals surface area contributed by atoms with Crippen molar-refractivity contribution in [2.24, 2.45) is 5.92 Å². The quantitative estimate of drug-likeness (QED) is 0.816. The van der Waals surface area contributed by atoms with Crippen LogP contribution in [0.25, 0.3) is 0 Å². The van der Waals surface area contributed by atoms with Gasteiger partial charge < -0.3 is 8.83 Å². The van der Waals surface area contributed by atoms with Crippen LogP contribution in [0.3, 0.4) is 0 Å². The molecule has 5 nitrogen and oxygen atoms in total. The van der Waals surface area contributed by atoms with E-state index in [0.29, 0.717) is 30.3 Å². The lowest BCUT2D eigenvalue weighted by atomic mass is 10.3. The standard InChI is InChI=1S/C16H21N3O2/c1-10-7-14(10)15-6-5-13(21-15)8-19(12-3-4-12)9-16-18-17-11(2)20-16/h5-6,10,12,14H,3-4,7-9H2,1-2H3/t10-,14+/m0/s1. The average molecular weight is 287 g/mol. The van der Waals surface area contributed by atoms with Crippen molar-refractivity contribution in [3.63, 3.8) is 0 Å². The van der Waals surface area contributed by atoms with Crippen LogP contribution in [0.2, 0.25) is 0 Å². The van der Waals surface area contributed by atoms with Gasteiger partial charge in [-0.2, -0.15) is 0 Å². The molecule has 2 heterocycles. The third kappa shape index (κ3) is 2.88. The molecule has 2 aromatic heterocycles. The zero-order chi connectivity index (χ0) is 14.4. The normalized spacial score (nSPS) is 24.7. The van der Waals surface area contributed by atoms with Crippen molar-refractivity contribution in [2.75, 3.05) is 0 Å². The topological polar surface area (TPSA) is 55.3 Å². The van der Waals surface area contributed by atoms with Crippen molar-refractivity contribution in [1.29, 1.82) is 0 Å². The van der Waals surface area contributed by atoms with Crippen LogP contribution in [0.1, 0.15) is 55.4 Å². The lowest BCUT2D eigenvalue weighted by Gasteiger charge is -2.18. The van der Waals surface area contributed by atoms with Crippen molar-refractivity contribution in [3.8, 4) is 0 Å². The second-order valence-corrected chi connectivity index (χ2v) is 6.47. The number of rotatable bonds is 6. The zero-order valence-electron chi connectivity index (χ0n) is 12.6. The first kappa shape index (κ1) is 13.1. The maximum Gasteiger partial charge on any atom is 0.230 e. The van der Waals surface area contributed by atoms with Gasteiger partial charge in [0.05, 0.1) is 13.1 Å². The van der Waals surface area contributed by atoms with E-state index in [1.54, 1.807) is 0 Å². The molecule has 2 fully saturated rings. The third-order valence-corrected chi connectivity index (χ3v) is 4.49. The Bertz CT molecular complexity index is 629. The van der Waals surface area contributed by atoms with Crippen LogP contribution in [0.5, 0.6) is 0 Å². The van der Waals surface area contributed by atoms with Crippen LogP contribution >= 0.6 is 0 Å². The van der Waals surface area contributed by atoms with Gasteiger partial charge in [0.2, 0.25) is 11.8 Å². The second-order valence-electron chi connectivity index (χ2n) is 6.47. The lowest BCUT2D eigenvalue weighted by molar-refractivity contribution is 0.201. The largest absolute Gasteiger partial charge is 0.464 e. The molecule has 5 heteroatoms. The SMILES string of the molecule is Cc1nnc(CN(Cc2ccc([C@@H]3C[C@@H]3C)o2)C2CC2)o1. The smallest absolute Gasteiger partial charge is 0.230 e. The monoisotopic (exact) mass is 287 g/mol. The van der Waals surface area contributed by atoms with E-state index < -0.39 is 0 Å². The Morgan fingerprint density at radius 2 is 2.00 bits per heavy atom. The Hall–Kier alpha value is -1.62. The Balaban J connectivity index is 1.43. The maximum absolute atomic E-state index is 6.02. The molecule has 2 atom stereocenters. The molecule has 0 saturated heterocycles. The molecule has 0 bridgehead atoms. The van der Waals surface area contributed by atoms with Crippen LogP contribution in [-0.4, -0.2) is 21.1 Å². The summed E-state index contributed by atoms with van der Waals surface area (Å²) in [5, 5.41) is 8.01. The summed E-state index contributed by atoms with van der Waals surface area (Å²) in [4.78, 5) is 2.38. The Morgan fingerprint density at radius 1 is 1.19 bits per heavy atom. The minimum absolute atomic E-state index is 0.628. The first-order valence-electron chi connectivity index (χ1n) is 7.80. The number of nitrogens with zero attached hydrogens (tertiary/aromatic N) is 3. The van der Waals surface area contributed by atoms with Gasteiger partial charge in [-0.05, 0) is 37.3 Å². The van der Waals surface area contributed by atoms with Gasteiger partial charge in [0.15, 0.2) is 0 Å². The summed E-state index contributed by atoms with van der Waals surface area (Å²) in [5.74, 6) is 4.96. The lowest BCUT2D eigenvalue weighted by Crippen LogP contribution is -2.25. The summed E-state index contributed by atoms with van der Waals surface area (Å²) >= 11 is 0. The van der Waals surface area contributed by atoms with Gasteiger partial charge in [0.1, 0.15) is 11.5 Å². The van der Waals surface area contributed by atoms with E-state index in [0.717, 1.165) is 24.0 Å². The molecule has 0 aromatic carbocycles. The molecule has 0 amide bonds. The molecular formula is C16H21N3O2. The van der Waals surface area contributed by atoms with E-state index in [-0.39, 0.29) is 0 Å². The van der Waals surface area contributed by atoms with E-state index in [4.69, 9.17) is 8.83 Å². The highest BCUT2D eigenvalue weighted by Gasteiger charge is 2.37. The van der Waals surface area contributed by atoms with E-state index in [1.807, 2.05) is 6.92 Å². The molecule has 0 spiro atoms. The molecule has 2 saturated carbocycles. The summed E-state index contributed by atoms with van der Waals surface area (Å²) in [6.07, 6.45) is 3.77. The fraction of sp³-hybridized carbons (Fsp3) is 0.625. The molecule has 4 rings (SSSR count). The first-order chi connectivity index (χ1) is 10.2. The predicted molar refractivity (Wildman–Crippen MR) is 76.5 cm³/mol. The fourth-order valence-electron chi connectivity index (χ4n) is 2.93. The van der Waals surface area contributed by atoms with Crippen LogP contribution in [0, 0.1) is 12.8 Å². The molecule has 2 aliphatic carbocycles. The third-order valence-electron chi connectivity index (χ3n) is 4.49. The number of furan rings is 1. The molecule has 112 valence electrons. The summed E-state index contributed by atoms with van der Waals surface area (Å²) in [7, 11) is 0. The van der Waals surface area contributed by atoms with Crippen molar-refractivity contribution in [2.45, 2.75) is 58.2 Å². The summed E-state index contributed by atoms with van der Waals surface area (Å²) in [6.45, 7) is 5.64. The Morgan fingerprint density at radius 3 is 2.62 bits per heavy atom. The Kier molecular flexibility index (Phi) is 3.10. The van der Waals surface area contributed by atoms with Crippen molar-refractivity contribution >= 4 is 0 Å². The molecule has 0 radical (unpaired) electrons. The van der Waals surface area contributed by atoms with Crippen molar-refractivity contribution in [3.05, 3.63) is 35.4 Å². The highest BCUT2D eigenvalue weighted by molar-refractivity contribution is 5.17. The molecule has 0 N–H and O–H groups in total. The molecule has 0 unspecified atom stereocenters. The number of aryl methyl sites for hydroxylation is 1. The van der Waals surface area contributed by atoms with Crippen LogP contribution in [0.15, 0.2) is 21.0 Å². The highest BCUT2D eigenvalue weighted by atomic mass is 16.4. The summed E-state index contributed by atoms with van der Waals surface area (Å²) in [5.41, 5.74) is 0. The van der Waals surface area contributed by atoms with Gasteiger partial charge in [0, 0.05) is 18.9 Å². The van der Waals surface area contributed by atoms with Gasteiger partial charge in [-0.25, -0.2) is 0 Å². The van der Waals surface area contributed by atoms with Crippen LogP contribution in [-0.2, 0) is 13.1 Å². The fourth-order valence-corrected chi connectivity index (χ4v) is 2.93. The van der Waals surface area contributed by atoms with E-state index in [2.05, 4.69) is 34.2 Å². The number of aromatic nitrogens is 2. The van der Waals surface area contributed by atoms with Gasteiger partial charge in [-0.15, -0.1) is 10.2 Å². The number of hydrogen-bond acceptors (Lipinski definition) is 5. The van der Waals surface area contributed by atoms with Gasteiger partial charge in [-0.3, -0.25) is 4.90 Å². The van der Waals surface area contributed by atoms with E-state index >= 15 is 0 Å². The first-order valence-corrected chi connectivity index (χ1v) is 7.80. The van der Waals surface area contributed by atoms with E-state index in [1.165, 1.54) is 19.3 Å². The molecule has 2 aromatic rings. The maximum atomic E-state index is 6.02. The molecular weight excluding hydrogens is 266 g/mol. The van der Waals surface area contributed by atoms with Gasteiger partial charge >= 0.3 is 0 Å². The minimum atomic E-state index is 0.628. The molecule has 21 heavy (non-hydrogen) atoms. The van der Waals surface area contributed by atoms with Crippen LogP contribution in [0.4, 0.5) is 0 Å². The van der Waals surface area contributed by atoms with Gasteiger partial charge in [0.25, 0.3) is 0 Å².